The van der Waals surface area contributed by atoms with Gasteiger partial charge in [-0.2, -0.15) is 0 Å². The number of nitrogens with zero attached hydrogens (tertiary/aromatic N) is 3. The summed E-state index contributed by atoms with van der Waals surface area (Å²) in [6.45, 7) is 7.78. The topological polar surface area (TPSA) is 38.8 Å². The van der Waals surface area contributed by atoms with Crippen LogP contribution in [-0.2, 0) is 0 Å². The van der Waals surface area contributed by atoms with Crippen LogP contribution in [0.25, 0.3) is 0 Å². The van der Waals surface area contributed by atoms with E-state index in [0.29, 0.717) is 6.04 Å². The summed E-state index contributed by atoms with van der Waals surface area (Å²) in [5.74, 6) is 0. The average Bonchev–Trinajstić information content (AvgIpc) is 2.86. The van der Waals surface area contributed by atoms with E-state index in [-0.39, 0.29) is 6.03 Å². The molecule has 0 aromatic carbocycles. The number of urea groups is 1. The van der Waals surface area contributed by atoms with Crippen molar-refractivity contribution in [2.24, 2.45) is 0 Å². The molecule has 3 aliphatic heterocycles. The van der Waals surface area contributed by atoms with Crippen LogP contribution in [0.1, 0.15) is 12.8 Å². The molecule has 1 atom stereocenters. The Bertz CT molecular complexity index is 290. The predicted octanol–water partition coefficient (Wildman–Crippen LogP) is -0.208. The van der Waals surface area contributed by atoms with Gasteiger partial charge in [-0.1, -0.05) is 0 Å². The molecule has 5 heteroatoms. The van der Waals surface area contributed by atoms with E-state index in [0.717, 1.165) is 45.8 Å². The fourth-order valence-corrected chi connectivity index (χ4v) is 3.22. The lowest BCUT2D eigenvalue weighted by molar-refractivity contribution is 0.0928. The second-order valence-corrected chi connectivity index (χ2v) is 5.30. The summed E-state index contributed by atoms with van der Waals surface area (Å²) in [5, 5.41) is 3.29. The van der Waals surface area contributed by atoms with Crippen LogP contribution in [0.4, 0.5) is 4.79 Å². The number of hydrogen-bond donors (Lipinski definition) is 1. The number of piperazine rings is 2. The van der Waals surface area contributed by atoms with Crippen LogP contribution in [0, 0.1) is 0 Å². The second-order valence-electron chi connectivity index (χ2n) is 5.30. The van der Waals surface area contributed by atoms with Crippen LogP contribution in [-0.4, -0.2) is 79.1 Å². The maximum atomic E-state index is 12.3. The van der Waals surface area contributed by atoms with Crippen molar-refractivity contribution in [3.05, 3.63) is 0 Å². The van der Waals surface area contributed by atoms with Crippen LogP contribution in [0.5, 0.6) is 0 Å². The normalized spacial score (nSPS) is 30.5. The Kier molecular flexibility index (Phi) is 3.20. The van der Waals surface area contributed by atoms with Gasteiger partial charge in [0.25, 0.3) is 0 Å². The maximum absolute atomic E-state index is 12.3. The fraction of sp³-hybridized carbons (Fsp3) is 0.917. The van der Waals surface area contributed by atoms with Gasteiger partial charge in [0.05, 0.1) is 0 Å². The van der Waals surface area contributed by atoms with E-state index < -0.39 is 0 Å². The molecule has 3 fully saturated rings. The van der Waals surface area contributed by atoms with Crippen molar-refractivity contribution < 1.29 is 4.79 Å². The predicted molar refractivity (Wildman–Crippen MR) is 66.0 cm³/mol. The molecule has 0 aromatic rings. The van der Waals surface area contributed by atoms with Crippen LogP contribution < -0.4 is 5.32 Å². The van der Waals surface area contributed by atoms with Crippen molar-refractivity contribution in [3.8, 4) is 0 Å². The molecule has 0 radical (unpaired) electrons. The summed E-state index contributed by atoms with van der Waals surface area (Å²) in [6.07, 6.45) is 2.58. The van der Waals surface area contributed by atoms with Gasteiger partial charge in [0.1, 0.15) is 0 Å². The molecule has 2 amide bonds. The monoisotopic (exact) mass is 238 g/mol. The number of carbonyl (C=O) groups is 1. The first-order valence-electron chi connectivity index (χ1n) is 6.83. The molecule has 5 nitrogen and oxygen atoms in total. The molecule has 0 aliphatic carbocycles. The van der Waals surface area contributed by atoms with Crippen molar-refractivity contribution in [2.45, 2.75) is 18.9 Å². The van der Waals surface area contributed by atoms with Gasteiger partial charge in [-0.05, 0) is 19.4 Å². The van der Waals surface area contributed by atoms with Gasteiger partial charge in [0.2, 0.25) is 0 Å². The van der Waals surface area contributed by atoms with Crippen LogP contribution in [0.2, 0.25) is 0 Å². The summed E-state index contributed by atoms with van der Waals surface area (Å²) in [6, 6.07) is 0.897. The van der Waals surface area contributed by atoms with E-state index in [1.807, 2.05) is 4.90 Å². The molecule has 1 N–H and O–H groups in total. The third kappa shape index (κ3) is 2.26. The molecule has 96 valence electrons. The number of fused-ring (bicyclic) bond motifs is 1. The molecule has 3 heterocycles. The standard InChI is InChI=1S/C12H22N4O/c17-12(15-6-3-13-4-7-15)16-9-8-14-5-1-2-11(14)10-16/h11,13H,1-10H2. The molecule has 17 heavy (non-hydrogen) atoms. The molecule has 0 spiro atoms. The summed E-state index contributed by atoms with van der Waals surface area (Å²) in [4.78, 5) is 19.0. The molecule has 0 saturated carbocycles. The molecular formula is C12H22N4O. The van der Waals surface area contributed by atoms with Gasteiger partial charge in [0.15, 0.2) is 0 Å². The molecule has 0 bridgehead atoms. The van der Waals surface area contributed by atoms with Crippen molar-refractivity contribution in [3.63, 3.8) is 0 Å². The Balaban J connectivity index is 1.58. The molecule has 3 aliphatic rings. The van der Waals surface area contributed by atoms with E-state index in [1.54, 1.807) is 0 Å². The van der Waals surface area contributed by atoms with Crippen molar-refractivity contribution in [1.29, 1.82) is 0 Å². The largest absolute Gasteiger partial charge is 0.322 e. The summed E-state index contributed by atoms with van der Waals surface area (Å²) < 4.78 is 0. The lowest BCUT2D eigenvalue weighted by Gasteiger charge is -2.40. The van der Waals surface area contributed by atoms with Gasteiger partial charge in [0, 0.05) is 51.9 Å². The number of rotatable bonds is 0. The number of hydrogen-bond acceptors (Lipinski definition) is 3. The zero-order valence-corrected chi connectivity index (χ0v) is 10.4. The average molecular weight is 238 g/mol. The third-order valence-corrected chi connectivity index (χ3v) is 4.25. The number of nitrogens with one attached hydrogen (secondary N) is 1. The van der Waals surface area contributed by atoms with Gasteiger partial charge in [-0.3, -0.25) is 4.90 Å². The summed E-state index contributed by atoms with van der Waals surface area (Å²) >= 11 is 0. The van der Waals surface area contributed by atoms with Crippen LogP contribution >= 0.6 is 0 Å². The first-order chi connectivity index (χ1) is 8.34. The Morgan fingerprint density at radius 1 is 1.00 bits per heavy atom. The van der Waals surface area contributed by atoms with E-state index >= 15 is 0 Å². The van der Waals surface area contributed by atoms with Crippen LogP contribution in [0.3, 0.4) is 0 Å². The smallest absolute Gasteiger partial charge is 0.320 e. The summed E-state index contributed by atoms with van der Waals surface area (Å²) in [5.41, 5.74) is 0. The SMILES string of the molecule is O=C(N1CCNCC1)N1CCN2CCCC2C1. The van der Waals surface area contributed by atoms with E-state index in [1.165, 1.54) is 19.4 Å². The molecular weight excluding hydrogens is 216 g/mol. The first-order valence-corrected chi connectivity index (χ1v) is 6.83. The van der Waals surface area contributed by atoms with Gasteiger partial charge in [-0.25, -0.2) is 4.79 Å². The second kappa shape index (κ2) is 4.82. The number of amides is 2. The summed E-state index contributed by atoms with van der Waals surface area (Å²) in [7, 11) is 0. The van der Waals surface area contributed by atoms with E-state index in [9.17, 15) is 4.79 Å². The van der Waals surface area contributed by atoms with Crippen molar-refractivity contribution in [2.75, 3.05) is 52.4 Å². The minimum Gasteiger partial charge on any atom is -0.322 e. The Labute approximate surface area is 103 Å². The number of carbonyl (C=O) groups excluding carboxylic acids is 1. The Hall–Kier alpha value is -0.810. The highest BCUT2D eigenvalue weighted by atomic mass is 16.2. The molecule has 3 saturated heterocycles. The lowest BCUT2D eigenvalue weighted by atomic mass is 10.1. The van der Waals surface area contributed by atoms with E-state index in [2.05, 4.69) is 15.1 Å². The third-order valence-electron chi connectivity index (χ3n) is 4.25. The minimum absolute atomic E-state index is 0.262. The van der Waals surface area contributed by atoms with Crippen molar-refractivity contribution in [1.82, 2.24) is 20.0 Å². The zero-order valence-electron chi connectivity index (χ0n) is 10.4. The molecule has 3 rings (SSSR count). The van der Waals surface area contributed by atoms with Crippen molar-refractivity contribution >= 4 is 6.03 Å². The quantitative estimate of drug-likeness (QED) is 0.635. The van der Waals surface area contributed by atoms with Gasteiger partial charge in [-0.15, -0.1) is 0 Å². The van der Waals surface area contributed by atoms with Crippen LogP contribution in [0.15, 0.2) is 0 Å². The highest BCUT2D eigenvalue weighted by molar-refractivity contribution is 5.74. The highest BCUT2D eigenvalue weighted by Crippen LogP contribution is 2.22. The molecule has 1 unspecified atom stereocenters. The fourth-order valence-electron chi connectivity index (χ4n) is 3.22. The molecule has 0 aromatic heterocycles. The lowest BCUT2D eigenvalue weighted by Crippen LogP contribution is -2.57. The Morgan fingerprint density at radius 3 is 2.65 bits per heavy atom. The van der Waals surface area contributed by atoms with Gasteiger partial charge >= 0.3 is 6.03 Å². The van der Waals surface area contributed by atoms with E-state index in [4.69, 9.17) is 0 Å². The Morgan fingerprint density at radius 2 is 1.82 bits per heavy atom. The zero-order chi connectivity index (χ0) is 11.7. The first kappa shape index (κ1) is 11.3. The minimum atomic E-state index is 0.262. The maximum Gasteiger partial charge on any atom is 0.320 e. The van der Waals surface area contributed by atoms with Gasteiger partial charge < -0.3 is 15.1 Å². The highest BCUT2D eigenvalue weighted by Gasteiger charge is 2.34.